The summed E-state index contributed by atoms with van der Waals surface area (Å²) in [5.41, 5.74) is -0.172. The average molecular weight is 177 g/mol. The Labute approximate surface area is 71.9 Å². The van der Waals surface area contributed by atoms with Gasteiger partial charge in [0.2, 0.25) is 0 Å². The molecular weight excluding hydrogens is 164 g/mol. The van der Waals surface area contributed by atoms with E-state index in [1.165, 1.54) is 0 Å². The fourth-order valence-corrected chi connectivity index (χ4v) is 1.61. The largest absolute Gasteiger partial charge is 0.449 e. The summed E-state index contributed by atoms with van der Waals surface area (Å²) in [6.07, 6.45) is 3.96. The zero-order chi connectivity index (χ0) is 8.32. The molecule has 0 radical (unpaired) electrons. The summed E-state index contributed by atoms with van der Waals surface area (Å²) in [6, 6.07) is -0.0133. The molecule has 0 amide bonds. The molecule has 1 aliphatic carbocycles. The molecule has 1 saturated carbocycles. The molecule has 1 rings (SSSR count). The highest BCUT2D eigenvalue weighted by Gasteiger charge is 2.43. The molecule has 0 aromatic heterocycles. The number of hydrogen-bond acceptors (Lipinski definition) is 2. The van der Waals surface area contributed by atoms with E-state index < -0.39 is 0 Å². The quantitative estimate of drug-likeness (QED) is 0.487. The Morgan fingerprint density at radius 3 is 2.55 bits per heavy atom. The van der Waals surface area contributed by atoms with Gasteiger partial charge in [-0.15, -0.1) is 0 Å². The summed E-state index contributed by atoms with van der Waals surface area (Å²) in [5, 5.41) is 0. The Morgan fingerprint density at radius 1 is 1.64 bits per heavy atom. The third-order valence-corrected chi connectivity index (χ3v) is 2.72. The molecule has 64 valence electrons. The highest BCUT2D eigenvalue weighted by atomic mass is 35.5. The Hall–Kier alpha value is -0.240. The van der Waals surface area contributed by atoms with Crippen LogP contribution < -0.4 is 0 Å². The van der Waals surface area contributed by atoms with Gasteiger partial charge in [-0.1, -0.05) is 24.9 Å². The van der Waals surface area contributed by atoms with Crippen LogP contribution in [0.1, 0.15) is 32.6 Å². The van der Waals surface area contributed by atoms with Crippen LogP contribution in [-0.2, 0) is 9.53 Å². The van der Waals surface area contributed by atoms with Crippen LogP contribution in [-0.4, -0.2) is 12.0 Å². The van der Waals surface area contributed by atoms with Crippen LogP contribution in [0.25, 0.3) is 0 Å². The molecule has 0 atom stereocenters. The minimum absolute atomic E-state index is 0.0133. The molecule has 0 saturated heterocycles. The van der Waals surface area contributed by atoms with Gasteiger partial charge in [-0.2, -0.15) is 0 Å². The summed E-state index contributed by atoms with van der Waals surface area (Å²) >= 11 is 5.30. The lowest BCUT2D eigenvalue weighted by Crippen LogP contribution is -2.38. The van der Waals surface area contributed by atoms with Gasteiger partial charge in [0.15, 0.2) is 6.07 Å². The smallest absolute Gasteiger partial charge is 0.313 e. The van der Waals surface area contributed by atoms with Crippen molar-refractivity contribution in [2.75, 3.05) is 6.07 Å². The van der Waals surface area contributed by atoms with Crippen molar-refractivity contribution in [3.63, 3.8) is 0 Å². The minimum Gasteiger partial charge on any atom is -0.449 e. The molecule has 1 fully saturated rings. The average Bonchev–Trinajstić information content (AvgIpc) is 1.87. The predicted molar refractivity (Wildman–Crippen MR) is 43.4 cm³/mol. The lowest BCUT2D eigenvalue weighted by molar-refractivity contribution is -0.159. The number of hydrogen-bond donors (Lipinski definition) is 0. The van der Waals surface area contributed by atoms with E-state index in [-0.39, 0.29) is 17.5 Å². The topological polar surface area (TPSA) is 26.3 Å². The van der Waals surface area contributed by atoms with Crippen molar-refractivity contribution in [3.05, 3.63) is 0 Å². The molecule has 0 N–H and O–H groups in total. The summed E-state index contributed by atoms with van der Waals surface area (Å²) < 4.78 is 4.77. The first-order chi connectivity index (χ1) is 5.25. The zero-order valence-electron chi connectivity index (χ0n) is 6.73. The maximum absolute atomic E-state index is 11.3. The molecule has 0 aliphatic heterocycles. The van der Waals surface area contributed by atoms with Gasteiger partial charge in [0.25, 0.3) is 0 Å². The first-order valence-electron chi connectivity index (χ1n) is 3.98. The normalized spacial score (nSPS) is 20.5. The predicted octanol–water partition coefficient (Wildman–Crippen LogP) is 2.31. The van der Waals surface area contributed by atoms with Crippen molar-refractivity contribution in [2.45, 2.75) is 32.6 Å². The van der Waals surface area contributed by atoms with Crippen molar-refractivity contribution in [1.29, 1.82) is 0 Å². The Morgan fingerprint density at radius 2 is 2.27 bits per heavy atom. The molecule has 0 spiro atoms. The van der Waals surface area contributed by atoms with Crippen LogP contribution in [0.2, 0.25) is 0 Å². The first-order valence-corrected chi connectivity index (χ1v) is 4.52. The van der Waals surface area contributed by atoms with E-state index in [9.17, 15) is 4.79 Å². The molecular formula is C8H13ClO2. The van der Waals surface area contributed by atoms with E-state index >= 15 is 0 Å². The van der Waals surface area contributed by atoms with Gasteiger partial charge in [0, 0.05) is 0 Å². The number of alkyl halides is 1. The molecule has 2 nitrogen and oxygen atoms in total. The lowest BCUT2D eigenvalue weighted by Gasteiger charge is -2.37. The monoisotopic (exact) mass is 176 g/mol. The summed E-state index contributed by atoms with van der Waals surface area (Å²) in [7, 11) is 0. The van der Waals surface area contributed by atoms with E-state index in [0.29, 0.717) is 0 Å². The summed E-state index contributed by atoms with van der Waals surface area (Å²) in [4.78, 5) is 11.3. The molecule has 0 unspecified atom stereocenters. The van der Waals surface area contributed by atoms with Crippen LogP contribution in [0.5, 0.6) is 0 Å². The van der Waals surface area contributed by atoms with Gasteiger partial charge in [-0.25, -0.2) is 0 Å². The highest BCUT2D eigenvalue weighted by molar-refractivity contribution is 6.17. The van der Waals surface area contributed by atoms with Gasteiger partial charge in [0.05, 0.1) is 5.41 Å². The van der Waals surface area contributed by atoms with Crippen molar-refractivity contribution in [1.82, 2.24) is 0 Å². The molecule has 0 bridgehead atoms. The first kappa shape index (κ1) is 8.85. The van der Waals surface area contributed by atoms with Crippen LogP contribution in [0, 0.1) is 5.41 Å². The Bertz CT molecular complexity index is 147. The van der Waals surface area contributed by atoms with Crippen molar-refractivity contribution in [2.24, 2.45) is 5.41 Å². The van der Waals surface area contributed by atoms with Gasteiger partial charge < -0.3 is 4.74 Å². The number of carbonyl (C=O) groups excluding carboxylic acids is 1. The molecule has 1 aliphatic rings. The number of ether oxygens (including phenoxy) is 1. The van der Waals surface area contributed by atoms with Crippen molar-refractivity contribution < 1.29 is 9.53 Å². The van der Waals surface area contributed by atoms with Gasteiger partial charge in [-0.05, 0) is 19.3 Å². The lowest BCUT2D eigenvalue weighted by atomic mass is 9.67. The second kappa shape index (κ2) is 3.44. The van der Waals surface area contributed by atoms with Crippen LogP contribution >= 0.6 is 11.6 Å². The van der Waals surface area contributed by atoms with E-state index in [1.54, 1.807) is 0 Å². The third kappa shape index (κ3) is 1.51. The van der Waals surface area contributed by atoms with E-state index in [4.69, 9.17) is 16.3 Å². The highest BCUT2D eigenvalue weighted by Crippen LogP contribution is 2.44. The van der Waals surface area contributed by atoms with Gasteiger partial charge in [0.1, 0.15) is 0 Å². The van der Waals surface area contributed by atoms with Crippen LogP contribution in [0.15, 0.2) is 0 Å². The van der Waals surface area contributed by atoms with Crippen LogP contribution in [0.4, 0.5) is 0 Å². The Kier molecular flexibility index (Phi) is 2.77. The molecule has 0 aromatic rings. The zero-order valence-corrected chi connectivity index (χ0v) is 7.49. The number of carbonyl (C=O) groups is 1. The number of esters is 1. The minimum atomic E-state index is -0.172. The number of rotatable bonds is 3. The molecule has 3 heteroatoms. The summed E-state index contributed by atoms with van der Waals surface area (Å²) in [6.45, 7) is 2.02. The second-order valence-electron chi connectivity index (χ2n) is 3.03. The van der Waals surface area contributed by atoms with E-state index in [1.807, 2.05) is 6.92 Å². The summed E-state index contributed by atoms with van der Waals surface area (Å²) in [5.74, 6) is -0.110. The standard InChI is InChI=1S/C8H13ClO2/c1-2-8(4-3-5-8)7(10)11-6-9/h2-6H2,1H3. The molecule has 0 aromatic carbocycles. The van der Waals surface area contributed by atoms with Crippen molar-refractivity contribution >= 4 is 17.6 Å². The SMILES string of the molecule is CCC1(C(=O)OCCl)CCC1. The number of halogens is 1. The third-order valence-electron chi connectivity index (χ3n) is 2.61. The fraction of sp³-hybridized carbons (Fsp3) is 0.875. The van der Waals surface area contributed by atoms with Crippen LogP contribution in [0.3, 0.4) is 0 Å². The maximum Gasteiger partial charge on any atom is 0.313 e. The fourth-order valence-electron chi connectivity index (χ4n) is 1.51. The van der Waals surface area contributed by atoms with E-state index in [2.05, 4.69) is 0 Å². The van der Waals surface area contributed by atoms with Crippen molar-refractivity contribution in [3.8, 4) is 0 Å². The second-order valence-corrected chi connectivity index (χ2v) is 3.25. The van der Waals surface area contributed by atoms with Gasteiger partial charge >= 0.3 is 5.97 Å². The maximum atomic E-state index is 11.3. The van der Waals surface area contributed by atoms with Gasteiger partial charge in [-0.3, -0.25) is 4.79 Å². The molecule has 0 heterocycles. The Balaban J connectivity index is 2.47. The van der Waals surface area contributed by atoms with E-state index in [0.717, 1.165) is 25.7 Å². The molecule has 11 heavy (non-hydrogen) atoms.